The summed E-state index contributed by atoms with van der Waals surface area (Å²) in [6.45, 7) is 1.22. The number of hydrogen-bond donors (Lipinski definition) is 1. The van der Waals surface area contributed by atoms with Crippen molar-refractivity contribution in [2.24, 2.45) is 5.92 Å². The van der Waals surface area contributed by atoms with E-state index in [0.717, 1.165) is 0 Å². The van der Waals surface area contributed by atoms with Crippen molar-refractivity contribution in [2.45, 2.75) is 50.2 Å². The van der Waals surface area contributed by atoms with Gasteiger partial charge in [0.2, 0.25) is 0 Å². The van der Waals surface area contributed by atoms with E-state index in [1.54, 1.807) is 12.1 Å². The third-order valence-corrected chi connectivity index (χ3v) is 5.68. The lowest BCUT2D eigenvalue weighted by atomic mass is 9.88. The molecule has 0 amide bonds. The number of halogens is 7. The smallest absolute Gasteiger partial charge is 0.396 e. The molecule has 2 aromatic carbocycles. The summed E-state index contributed by atoms with van der Waals surface area (Å²) in [7, 11) is 0. The van der Waals surface area contributed by atoms with Crippen LogP contribution < -0.4 is 0 Å². The van der Waals surface area contributed by atoms with E-state index in [4.69, 9.17) is 4.74 Å². The Morgan fingerprint density at radius 1 is 0.935 bits per heavy atom. The van der Waals surface area contributed by atoms with E-state index < -0.39 is 41.5 Å². The number of alkyl halides is 6. The molecule has 2 nitrogen and oxygen atoms in total. The van der Waals surface area contributed by atoms with Crippen molar-refractivity contribution in [3.05, 3.63) is 70.5 Å². The van der Waals surface area contributed by atoms with E-state index >= 15 is 0 Å². The second-order valence-electron chi connectivity index (χ2n) is 7.75. The molecule has 0 heterocycles. The molecule has 1 fully saturated rings. The van der Waals surface area contributed by atoms with Crippen LogP contribution in [0.2, 0.25) is 0 Å². The Morgan fingerprint density at radius 3 is 1.97 bits per heavy atom. The van der Waals surface area contributed by atoms with Crippen LogP contribution in [0.3, 0.4) is 0 Å². The van der Waals surface area contributed by atoms with Gasteiger partial charge < -0.3 is 9.84 Å². The monoisotopic (exact) mass is 450 g/mol. The summed E-state index contributed by atoms with van der Waals surface area (Å²) in [6.07, 6.45) is -10.5. The molecule has 1 aliphatic rings. The van der Waals surface area contributed by atoms with Gasteiger partial charge in [0.15, 0.2) is 0 Å². The first-order chi connectivity index (χ1) is 14.4. The Labute approximate surface area is 174 Å². The van der Waals surface area contributed by atoms with E-state index in [1.165, 1.54) is 19.1 Å². The van der Waals surface area contributed by atoms with Crippen molar-refractivity contribution in [1.29, 1.82) is 0 Å². The number of rotatable bonds is 5. The fraction of sp³-hybridized carbons (Fsp3) is 0.455. The maximum absolute atomic E-state index is 13.3. The van der Waals surface area contributed by atoms with Crippen LogP contribution in [0.15, 0.2) is 42.5 Å². The summed E-state index contributed by atoms with van der Waals surface area (Å²) >= 11 is 0. The van der Waals surface area contributed by atoms with Crippen LogP contribution in [0.5, 0.6) is 0 Å². The van der Waals surface area contributed by atoms with Gasteiger partial charge >= 0.3 is 12.4 Å². The van der Waals surface area contributed by atoms with Gasteiger partial charge in [-0.2, -0.15) is 26.3 Å². The van der Waals surface area contributed by atoms with E-state index in [0.29, 0.717) is 30.5 Å². The summed E-state index contributed by atoms with van der Waals surface area (Å²) in [4.78, 5) is 0. The first-order valence-corrected chi connectivity index (χ1v) is 9.71. The predicted octanol–water partition coefficient (Wildman–Crippen LogP) is 6.50. The fourth-order valence-corrected chi connectivity index (χ4v) is 4.12. The zero-order valence-electron chi connectivity index (χ0n) is 16.5. The SMILES string of the molecule is CC(OC1CCC(CO)C1c1ccc(F)cc1)c1cc(C(F)(F)F)cc(C(F)(F)F)c1. The summed E-state index contributed by atoms with van der Waals surface area (Å²) in [6, 6.07) is 6.99. The lowest BCUT2D eigenvalue weighted by Gasteiger charge is -2.28. The Morgan fingerprint density at radius 2 is 1.48 bits per heavy atom. The molecule has 0 spiro atoms. The Balaban J connectivity index is 1.90. The van der Waals surface area contributed by atoms with E-state index in [9.17, 15) is 35.8 Å². The van der Waals surface area contributed by atoms with E-state index in [1.807, 2.05) is 0 Å². The van der Waals surface area contributed by atoms with Crippen LogP contribution >= 0.6 is 0 Å². The third kappa shape index (κ3) is 5.38. The van der Waals surface area contributed by atoms with Crippen molar-refractivity contribution in [3.63, 3.8) is 0 Å². The highest BCUT2D eigenvalue weighted by Crippen LogP contribution is 2.44. The summed E-state index contributed by atoms with van der Waals surface area (Å²) < 4.78 is 98.1. The molecule has 0 radical (unpaired) electrons. The fourth-order valence-electron chi connectivity index (χ4n) is 4.12. The molecule has 2 aromatic rings. The molecule has 1 aliphatic carbocycles. The molecular formula is C22H21F7O2. The maximum atomic E-state index is 13.3. The standard InChI is InChI=1S/C22H21F7O2/c1-12(15-8-16(21(24,25)26)10-17(9-15)22(27,28)29)31-19-7-4-14(11-30)20(19)13-2-5-18(23)6-3-13/h2-3,5-6,8-10,12,14,19-20,30H,4,7,11H2,1H3. The molecule has 0 saturated heterocycles. The summed E-state index contributed by atoms with van der Waals surface area (Å²) in [5.41, 5.74) is -2.35. The van der Waals surface area contributed by atoms with Crippen molar-refractivity contribution in [1.82, 2.24) is 0 Å². The average Bonchev–Trinajstić information content (AvgIpc) is 3.09. The van der Waals surface area contributed by atoms with Gasteiger partial charge in [-0.05, 0) is 67.1 Å². The molecule has 4 unspecified atom stereocenters. The van der Waals surface area contributed by atoms with Gasteiger partial charge in [-0.3, -0.25) is 0 Å². The average molecular weight is 450 g/mol. The zero-order chi connectivity index (χ0) is 23.0. The van der Waals surface area contributed by atoms with Gasteiger partial charge in [-0.25, -0.2) is 4.39 Å². The van der Waals surface area contributed by atoms with Crippen LogP contribution in [0.1, 0.15) is 54.0 Å². The van der Waals surface area contributed by atoms with Gasteiger partial charge in [-0.15, -0.1) is 0 Å². The van der Waals surface area contributed by atoms with Gasteiger partial charge in [0.25, 0.3) is 0 Å². The van der Waals surface area contributed by atoms with Crippen LogP contribution in [-0.2, 0) is 17.1 Å². The predicted molar refractivity (Wildman–Crippen MR) is 98.7 cm³/mol. The zero-order valence-corrected chi connectivity index (χ0v) is 16.5. The Kier molecular flexibility index (Phi) is 6.67. The second kappa shape index (κ2) is 8.78. The molecule has 0 aromatic heterocycles. The van der Waals surface area contributed by atoms with Crippen molar-refractivity contribution >= 4 is 0 Å². The molecule has 1 saturated carbocycles. The number of ether oxygens (including phenoxy) is 1. The van der Waals surface area contributed by atoms with Gasteiger partial charge in [0.1, 0.15) is 5.82 Å². The third-order valence-electron chi connectivity index (χ3n) is 5.68. The minimum atomic E-state index is -4.94. The quantitative estimate of drug-likeness (QED) is 0.528. The molecule has 9 heteroatoms. The minimum Gasteiger partial charge on any atom is -0.396 e. The maximum Gasteiger partial charge on any atom is 0.416 e. The molecule has 3 rings (SSSR count). The van der Waals surface area contributed by atoms with Crippen molar-refractivity contribution < 1.29 is 40.6 Å². The number of aliphatic hydroxyl groups is 1. The first kappa shape index (κ1) is 23.5. The lowest BCUT2D eigenvalue weighted by molar-refractivity contribution is -0.143. The molecule has 0 bridgehead atoms. The summed E-state index contributed by atoms with van der Waals surface area (Å²) in [5.74, 6) is -1.02. The van der Waals surface area contributed by atoms with Crippen molar-refractivity contribution in [3.8, 4) is 0 Å². The van der Waals surface area contributed by atoms with Crippen LogP contribution in [-0.4, -0.2) is 17.8 Å². The number of hydrogen-bond acceptors (Lipinski definition) is 2. The molecular weight excluding hydrogens is 429 g/mol. The van der Waals surface area contributed by atoms with Gasteiger partial charge in [0, 0.05) is 12.5 Å². The van der Waals surface area contributed by atoms with E-state index in [-0.39, 0.29) is 30.1 Å². The highest BCUT2D eigenvalue weighted by molar-refractivity contribution is 5.35. The molecule has 0 aliphatic heterocycles. The van der Waals surface area contributed by atoms with Crippen LogP contribution in [0, 0.1) is 11.7 Å². The Bertz CT molecular complexity index is 858. The highest BCUT2D eigenvalue weighted by Gasteiger charge is 2.40. The van der Waals surface area contributed by atoms with E-state index in [2.05, 4.69) is 0 Å². The normalized spacial score (nSPS) is 23.2. The number of benzene rings is 2. The molecule has 31 heavy (non-hydrogen) atoms. The minimum absolute atomic E-state index is 0.0783. The largest absolute Gasteiger partial charge is 0.416 e. The first-order valence-electron chi connectivity index (χ1n) is 9.71. The van der Waals surface area contributed by atoms with Crippen molar-refractivity contribution in [2.75, 3.05) is 6.61 Å². The van der Waals surface area contributed by atoms with Crippen LogP contribution in [0.25, 0.3) is 0 Å². The topological polar surface area (TPSA) is 29.5 Å². The molecule has 170 valence electrons. The van der Waals surface area contributed by atoms with Crippen LogP contribution in [0.4, 0.5) is 30.7 Å². The van der Waals surface area contributed by atoms with Gasteiger partial charge in [-0.1, -0.05) is 12.1 Å². The van der Waals surface area contributed by atoms with Gasteiger partial charge in [0.05, 0.1) is 23.3 Å². The number of aliphatic hydroxyl groups excluding tert-OH is 1. The second-order valence-corrected chi connectivity index (χ2v) is 7.75. The lowest BCUT2D eigenvalue weighted by Crippen LogP contribution is -2.24. The molecule has 4 atom stereocenters. The Hall–Kier alpha value is -2.13. The highest BCUT2D eigenvalue weighted by atomic mass is 19.4. The molecule has 1 N–H and O–H groups in total. The summed E-state index contributed by atoms with van der Waals surface area (Å²) in [5, 5.41) is 9.69.